The molecule has 1 N–H and O–H groups in total. The fourth-order valence-electron chi connectivity index (χ4n) is 3.69. The van der Waals surface area contributed by atoms with Crippen molar-refractivity contribution >= 4 is 23.4 Å². The summed E-state index contributed by atoms with van der Waals surface area (Å²) in [5, 5.41) is 5.31. The Bertz CT molecular complexity index is 1070. The Morgan fingerprint density at radius 2 is 1.07 bits per heavy atom. The summed E-state index contributed by atoms with van der Waals surface area (Å²) in [5.41, 5.74) is 3.22. The normalized spacial score (nSPS) is 12.3. The molecule has 144 valence electrons. The van der Waals surface area contributed by atoms with Gasteiger partial charge in [0.05, 0.1) is 5.78 Å². The van der Waals surface area contributed by atoms with E-state index in [2.05, 4.69) is 29.6 Å². The molecule has 0 aliphatic rings. The highest BCUT2D eigenvalue weighted by Crippen LogP contribution is 2.49. The van der Waals surface area contributed by atoms with E-state index in [1.54, 1.807) is 0 Å². The molecule has 3 heteroatoms. The van der Waals surface area contributed by atoms with Crippen molar-refractivity contribution in [3.63, 3.8) is 0 Å². The van der Waals surface area contributed by atoms with Gasteiger partial charge in [-0.2, -0.15) is 0 Å². The summed E-state index contributed by atoms with van der Waals surface area (Å²) < 4.78 is 14.5. The molecule has 0 saturated heterocycles. The highest BCUT2D eigenvalue weighted by atomic mass is 31.2. The Balaban J connectivity index is 1.77. The highest BCUT2D eigenvalue weighted by Gasteiger charge is 2.34. The minimum atomic E-state index is -2.90. The molecular weight excluding hydrogens is 373 g/mol. The zero-order valence-electron chi connectivity index (χ0n) is 16.4. The van der Waals surface area contributed by atoms with E-state index >= 15 is 0 Å². The average molecular weight is 397 g/mol. The maximum atomic E-state index is 14.5. The smallest absolute Gasteiger partial charge is 0.163 e. The Kier molecular flexibility index (Phi) is 5.64. The third-order valence-corrected chi connectivity index (χ3v) is 8.55. The molecule has 4 rings (SSSR count). The number of para-hydroxylation sites is 1. The van der Waals surface area contributed by atoms with E-state index < -0.39 is 7.14 Å². The maximum absolute atomic E-state index is 14.5. The minimum Gasteiger partial charge on any atom is -0.375 e. The van der Waals surface area contributed by atoms with Crippen LogP contribution < -0.4 is 15.9 Å². The first-order valence-corrected chi connectivity index (χ1v) is 11.6. The van der Waals surface area contributed by atoms with Crippen molar-refractivity contribution in [2.24, 2.45) is 0 Å². The summed E-state index contributed by atoms with van der Waals surface area (Å²) in [6, 6.07) is 38.1. The molecule has 0 aliphatic carbocycles. The molecule has 0 bridgehead atoms. The topological polar surface area (TPSA) is 29.1 Å². The Hall–Kier alpha value is -3.09. The van der Waals surface area contributed by atoms with E-state index in [4.69, 9.17) is 0 Å². The molecule has 1 unspecified atom stereocenters. The number of nitrogens with one attached hydrogen (secondary N) is 1. The van der Waals surface area contributed by atoms with Gasteiger partial charge in [-0.3, -0.25) is 0 Å². The molecule has 0 heterocycles. The molecule has 0 aromatic heterocycles. The van der Waals surface area contributed by atoms with E-state index in [1.807, 2.05) is 97.9 Å². The lowest BCUT2D eigenvalue weighted by molar-refractivity contribution is 0.582. The zero-order chi connectivity index (χ0) is 20.1. The minimum absolute atomic E-state index is 0.267. The SMILES string of the molecule is CC(Nc1ccccc1-c1ccccc1)P(=O)(c1ccccc1)c1ccccc1. The maximum Gasteiger partial charge on any atom is 0.163 e. The van der Waals surface area contributed by atoms with Gasteiger partial charge in [-0.25, -0.2) is 0 Å². The van der Waals surface area contributed by atoms with Crippen LogP contribution in [0.3, 0.4) is 0 Å². The second-order valence-corrected chi connectivity index (χ2v) is 10.2. The van der Waals surface area contributed by atoms with Gasteiger partial charge in [-0.15, -0.1) is 0 Å². The molecule has 4 aromatic carbocycles. The van der Waals surface area contributed by atoms with Gasteiger partial charge in [0.25, 0.3) is 0 Å². The Labute approximate surface area is 172 Å². The molecule has 0 aliphatic heterocycles. The van der Waals surface area contributed by atoms with Crippen molar-refractivity contribution in [1.29, 1.82) is 0 Å². The van der Waals surface area contributed by atoms with Crippen LogP contribution in [0.15, 0.2) is 115 Å². The number of hydrogen-bond acceptors (Lipinski definition) is 2. The van der Waals surface area contributed by atoms with Gasteiger partial charge in [0.2, 0.25) is 0 Å². The van der Waals surface area contributed by atoms with Crippen LogP contribution in [0.4, 0.5) is 5.69 Å². The summed E-state index contributed by atoms with van der Waals surface area (Å²) in [5.74, 6) is -0.267. The molecule has 0 fully saturated rings. The van der Waals surface area contributed by atoms with Gasteiger partial charge in [-0.1, -0.05) is 109 Å². The van der Waals surface area contributed by atoms with Gasteiger partial charge in [-0.05, 0) is 18.6 Å². The van der Waals surface area contributed by atoms with Crippen LogP contribution in [0.1, 0.15) is 6.92 Å². The quantitative estimate of drug-likeness (QED) is 0.397. The summed E-state index contributed by atoms with van der Waals surface area (Å²) in [6.45, 7) is 2.02. The van der Waals surface area contributed by atoms with E-state index in [1.165, 1.54) is 0 Å². The summed E-state index contributed by atoms with van der Waals surface area (Å²) in [6.07, 6.45) is 0. The van der Waals surface area contributed by atoms with Gasteiger partial charge < -0.3 is 9.88 Å². The van der Waals surface area contributed by atoms with Crippen LogP contribution in [0.5, 0.6) is 0 Å². The van der Waals surface area contributed by atoms with Crippen molar-refractivity contribution in [2.45, 2.75) is 12.7 Å². The molecule has 4 aromatic rings. The van der Waals surface area contributed by atoms with Gasteiger partial charge >= 0.3 is 0 Å². The van der Waals surface area contributed by atoms with Crippen molar-refractivity contribution in [1.82, 2.24) is 0 Å². The standard InChI is InChI=1S/C26H24NOP/c1-21(27-26-20-12-11-19-25(26)22-13-5-2-6-14-22)29(28,23-15-7-3-8-16-23)24-17-9-4-10-18-24/h2-21,27H,1H3. The van der Waals surface area contributed by atoms with Crippen LogP contribution in [-0.2, 0) is 4.57 Å². The number of benzene rings is 4. The van der Waals surface area contributed by atoms with Crippen LogP contribution in [-0.4, -0.2) is 5.78 Å². The molecule has 0 saturated carbocycles. The van der Waals surface area contributed by atoms with Crippen LogP contribution in [0, 0.1) is 0 Å². The lowest BCUT2D eigenvalue weighted by atomic mass is 10.0. The third-order valence-electron chi connectivity index (χ3n) is 5.20. The summed E-state index contributed by atoms with van der Waals surface area (Å²) in [4.78, 5) is 0. The first-order valence-electron chi connectivity index (χ1n) is 9.81. The monoisotopic (exact) mass is 397 g/mol. The second-order valence-electron chi connectivity index (χ2n) is 7.06. The van der Waals surface area contributed by atoms with E-state index in [0.717, 1.165) is 27.4 Å². The van der Waals surface area contributed by atoms with E-state index in [-0.39, 0.29) is 5.78 Å². The van der Waals surface area contributed by atoms with Gasteiger partial charge in [0.1, 0.15) is 0 Å². The van der Waals surface area contributed by atoms with Gasteiger partial charge in [0, 0.05) is 21.9 Å². The molecule has 0 amide bonds. The fraction of sp³-hybridized carbons (Fsp3) is 0.0769. The highest BCUT2D eigenvalue weighted by molar-refractivity contribution is 7.79. The van der Waals surface area contributed by atoms with Crippen molar-refractivity contribution in [2.75, 3.05) is 5.32 Å². The van der Waals surface area contributed by atoms with Crippen LogP contribution >= 0.6 is 7.14 Å². The molecule has 2 nitrogen and oxygen atoms in total. The van der Waals surface area contributed by atoms with Gasteiger partial charge in [0.15, 0.2) is 7.14 Å². The van der Waals surface area contributed by atoms with Crippen molar-refractivity contribution in [3.05, 3.63) is 115 Å². The summed E-state index contributed by atoms with van der Waals surface area (Å²) >= 11 is 0. The van der Waals surface area contributed by atoms with E-state index in [0.29, 0.717) is 0 Å². The zero-order valence-corrected chi connectivity index (χ0v) is 17.3. The first-order chi connectivity index (χ1) is 14.2. The second kappa shape index (κ2) is 8.51. The van der Waals surface area contributed by atoms with Crippen LogP contribution in [0.2, 0.25) is 0 Å². The lowest BCUT2D eigenvalue weighted by Gasteiger charge is -2.28. The average Bonchev–Trinajstić information content (AvgIpc) is 2.80. The first kappa shape index (κ1) is 19.2. The number of anilines is 1. The number of hydrogen-bond donors (Lipinski definition) is 1. The molecular formula is C26H24NOP. The predicted molar refractivity (Wildman–Crippen MR) is 125 cm³/mol. The van der Waals surface area contributed by atoms with E-state index in [9.17, 15) is 4.57 Å². The van der Waals surface area contributed by atoms with Crippen molar-refractivity contribution in [3.8, 4) is 11.1 Å². The molecule has 0 spiro atoms. The fourth-order valence-corrected chi connectivity index (χ4v) is 6.43. The molecule has 0 radical (unpaired) electrons. The van der Waals surface area contributed by atoms with Crippen molar-refractivity contribution < 1.29 is 4.57 Å². The third kappa shape index (κ3) is 3.90. The summed E-state index contributed by atoms with van der Waals surface area (Å²) in [7, 11) is -2.90. The Morgan fingerprint density at radius 1 is 0.621 bits per heavy atom. The van der Waals surface area contributed by atoms with Crippen LogP contribution in [0.25, 0.3) is 11.1 Å². The predicted octanol–water partition coefficient (Wildman–Crippen LogP) is 6.13. The molecule has 1 atom stereocenters. The lowest BCUT2D eigenvalue weighted by Crippen LogP contribution is -2.29. The Morgan fingerprint density at radius 3 is 1.62 bits per heavy atom. The molecule has 29 heavy (non-hydrogen) atoms. The largest absolute Gasteiger partial charge is 0.375 e. The number of rotatable bonds is 6.